The Kier molecular flexibility index (Phi) is 7.24. The Morgan fingerprint density at radius 2 is 1.95 bits per heavy atom. The van der Waals surface area contributed by atoms with E-state index >= 15 is 0 Å². The number of pyridine rings is 1. The number of anilines is 1. The van der Waals surface area contributed by atoms with Crippen molar-refractivity contribution in [2.75, 3.05) is 25.6 Å². The van der Waals surface area contributed by atoms with Gasteiger partial charge in [-0.3, -0.25) is 10.3 Å². The molecular formula is C26H22FN5O5S. The van der Waals surface area contributed by atoms with Gasteiger partial charge in [-0.2, -0.15) is 0 Å². The fourth-order valence-electron chi connectivity index (χ4n) is 3.70. The number of thiazole rings is 1. The highest BCUT2D eigenvalue weighted by Crippen LogP contribution is 2.37. The summed E-state index contributed by atoms with van der Waals surface area (Å²) in [6.45, 7) is 1.61. The van der Waals surface area contributed by atoms with Gasteiger partial charge in [0, 0.05) is 17.7 Å². The summed E-state index contributed by atoms with van der Waals surface area (Å²) in [6, 6.07) is 9.94. The first-order chi connectivity index (χ1) is 18.4. The number of carbonyl (C=O) groups is 1. The van der Waals surface area contributed by atoms with E-state index in [-0.39, 0.29) is 25.6 Å². The Labute approximate surface area is 220 Å². The molecule has 0 aliphatic carbocycles. The lowest BCUT2D eigenvalue weighted by Crippen LogP contribution is -2.18. The lowest BCUT2D eigenvalue weighted by atomic mass is 10.1. The number of aryl methyl sites for hydroxylation is 1. The molecule has 194 valence electrons. The van der Waals surface area contributed by atoms with Crippen LogP contribution in [0.4, 0.5) is 14.9 Å². The predicted molar refractivity (Wildman–Crippen MR) is 140 cm³/mol. The van der Waals surface area contributed by atoms with Crippen LogP contribution in [0.3, 0.4) is 0 Å². The van der Waals surface area contributed by atoms with Crippen molar-refractivity contribution in [1.29, 1.82) is 0 Å². The van der Waals surface area contributed by atoms with Gasteiger partial charge < -0.3 is 19.3 Å². The minimum Gasteiger partial charge on any atom is -0.487 e. The van der Waals surface area contributed by atoms with E-state index in [4.69, 9.17) is 19.3 Å². The average Bonchev–Trinajstić information content (AvgIpc) is 3.33. The van der Waals surface area contributed by atoms with Crippen LogP contribution in [0.25, 0.3) is 31.8 Å². The van der Waals surface area contributed by atoms with Crippen LogP contribution in [0.1, 0.15) is 11.3 Å². The molecule has 3 aromatic heterocycles. The highest BCUT2D eigenvalue weighted by atomic mass is 32.1. The third-order valence-electron chi connectivity index (χ3n) is 5.46. The van der Waals surface area contributed by atoms with Crippen molar-refractivity contribution in [1.82, 2.24) is 19.9 Å². The molecule has 12 heteroatoms. The van der Waals surface area contributed by atoms with Gasteiger partial charge in [-0.25, -0.2) is 24.1 Å². The molecule has 1 amide bonds. The summed E-state index contributed by atoms with van der Waals surface area (Å²) in [5, 5.41) is 12.2. The molecule has 2 aromatic carbocycles. The Morgan fingerprint density at radius 1 is 1.08 bits per heavy atom. The molecule has 0 unspecified atom stereocenters. The first-order valence-corrected chi connectivity index (χ1v) is 12.3. The highest BCUT2D eigenvalue weighted by molar-refractivity contribution is 7.21. The van der Waals surface area contributed by atoms with E-state index in [1.54, 1.807) is 24.4 Å². The second kappa shape index (κ2) is 10.9. The number of aliphatic hydroxyl groups excluding tert-OH is 1. The van der Waals surface area contributed by atoms with E-state index < -0.39 is 11.9 Å². The van der Waals surface area contributed by atoms with Crippen molar-refractivity contribution in [2.24, 2.45) is 0 Å². The number of fused-ring (bicyclic) bond motifs is 2. The van der Waals surface area contributed by atoms with Crippen LogP contribution in [0, 0.1) is 12.7 Å². The Balaban J connectivity index is 1.27. The number of nitrogens with zero attached hydrogens (tertiary/aromatic N) is 4. The lowest BCUT2D eigenvalue weighted by molar-refractivity contribution is 0.136. The number of hydrogen-bond donors (Lipinski definition) is 2. The molecule has 0 aliphatic rings. The summed E-state index contributed by atoms with van der Waals surface area (Å²) in [4.78, 5) is 29.5. The van der Waals surface area contributed by atoms with E-state index in [9.17, 15) is 9.18 Å². The normalized spacial score (nSPS) is 11.1. The average molecular weight is 536 g/mol. The maximum absolute atomic E-state index is 14.7. The fourth-order valence-corrected chi connectivity index (χ4v) is 4.69. The molecule has 0 bridgehead atoms. The van der Waals surface area contributed by atoms with Crippen molar-refractivity contribution in [3.63, 3.8) is 0 Å². The Morgan fingerprint density at radius 3 is 2.71 bits per heavy atom. The Bertz CT molecular complexity index is 1630. The van der Waals surface area contributed by atoms with E-state index in [1.165, 1.54) is 30.7 Å². The summed E-state index contributed by atoms with van der Waals surface area (Å²) in [5.41, 5.74) is 4.50. The zero-order chi connectivity index (χ0) is 26.6. The summed E-state index contributed by atoms with van der Waals surface area (Å²) in [6.07, 6.45) is 2.24. The number of ether oxygens (including phenoxy) is 3. The molecule has 38 heavy (non-hydrogen) atoms. The SMILES string of the molecule is COc1cnc2c(-c3nc4cc(F)c(OCCOC(=O)Nc5ccc(CO)nc5)cc4s3)cc(C)cc2n1. The van der Waals surface area contributed by atoms with Crippen LogP contribution in [0.15, 0.2) is 48.8 Å². The van der Waals surface area contributed by atoms with Crippen LogP contribution < -0.4 is 14.8 Å². The van der Waals surface area contributed by atoms with Crippen molar-refractivity contribution < 1.29 is 28.5 Å². The predicted octanol–water partition coefficient (Wildman–Crippen LogP) is 4.88. The molecule has 5 rings (SSSR count). The number of amides is 1. The van der Waals surface area contributed by atoms with Crippen molar-refractivity contribution in [3.8, 4) is 22.2 Å². The van der Waals surface area contributed by atoms with Crippen LogP contribution in [-0.2, 0) is 11.3 Å². The van der Waals surface area contributed by atoms with Crippen molar-refractivity contribution in [2.45, 2.75) is 13.5 Å². The molecule has 10 nitrogen and oxygen atoms in total. The van der Waals surface area contributed by atoms with E-state index in [2.05, 4.69) is 25.3 Å². The summed E-state index contributed by atoms with van der Waals surface area (Å²) in [7, 11) is 1.53. The quantitative estimate of drug-likeness (QED) is 0.267. The van der Waals surface area contributed by atoms with E-state index in [0.717, 1.165) is 15.8 Å². The number of halogens is 1. The third-order valence-corrected chi connectivity index (χ3v) is 6.51. The summed E-state index contributed by atoms with van der Waals surface area (Å²) in [5.74, 6) is -0.135. The monoisotopic (exact) mass is 535 g/mol. The van der Waals surface area contributed by atoms with Crippen LogP contribution in [0.2, 0.25) is 0 Å². The largest absolute Gasteiger partial charge is 0.487 e. The van der Waals surface area contributed by atoms with Crippen molar-refractivity contribution >= 4 is 44.4 Å². The third kappa shape index (κ3) is 5.45. The molecule has 0 spiro atoms. The zero-order valence-corrected chi connectivity index (χ0v) is 21.2. The van der Waals surface area contributed by atoms with Gasteiger partial charge >= 0.3 is 6.09 Å². The van der Waals surface area contributed by atoms with Gasteiger partial charge in [-0.15, -0.1) is 11.3 Å². The van der Waals surface area contributed by atoms with Crippen LogP contribution in [-0.4, -0.2) is 51.5 Å². The maximum atomic E-state index is 14.7. The van der Waals surface area contributed by atoms with Gasteiger partial charge in [-0.1, -0.05) is 0 Å². The number of methoxy groups -OCH3 is 1. The van der Waals surface area contributed by atoms with Crippen molar-refractivity contribution in [3.05, 3.63) is 65.9 Å². The second-order valence-corrected chi connectivity index (χ2v) is 9.20. The van der Waals surface area contributed by atoms with Crippen LogP contribution >= 0.6 is 11.3 Å². The van der Waals surface area contributed by atoms with Crippen LogP contribution in [0.5, 0.6) is 11.6 Å². The standard InChI is InChI=1S/C26H22FN5O5S/c1-14-7-17(24-20(8-14)31-23(35-2)12-29-24)25-32-19-9-18(27)21(10-22(19)38-25)36-5-6-37-26(34)30-15-3-4-16(13-33)28-11-15/h3-4,7-12,33H,5-6,13H2,1-2H3,(H,30,34). The van der Waals surface area contributed by atoms with Gasteiger partial charge in [-0.05, 0) is 36.8 Å². The lowest BCUT2D eigenvalue weighted by Gasteiger charge is -2.09. The second-order valence-electron chi connectivity index (χ2n) is 8.17. The molecular weight excluding hydrogens is 513 g/mol. The number of aliphatic hydroxyl groups is 1. The number of benzene rings is 2. The molecule has 0 fully saturated rings. The van der Waals surface area contributed by atoms with E-state index in [0.29, 0.717) is 38.8 Å². The maximum Gasteiger partial charge on any atom is 0.411 e. The fraction of sp³-hybridized carbons (Fsp3) is 0.192. The minimum atomic E-state index is -0.707. The number of carbonyl (C=O) groups excluding carboxylic acids is 1. The Hall–Kier alpha value is -4.42. The van der Waals surface area contributed by atoms with Gasteiger partial charge in [0.15, 0.2) is 11.6 Å². The van der Waals surface area contributed by atoms with Gasteiger partial charge in [0.05, 0.1) is 58.7 Å². The smallest absolute Gasteiger partial charge is 0.411 e. The number of hydrogen-bond acceptors (Lipinski definition) is 10. The first kappa shape index (κ1) is 25.2. The number of rotatable bonds is 8. The summed E-state index contributed by atoms with van der Waals surface area (Å²) < 4.78 is 31.2. The minimum absolute atomic E-state index is 0.0270. The van der Waals surface area contributed by atoms with Gasteiger partial charge in [0.2, 0.25) is 5.88 Å². The highest BCUT2D eigenvalue weighted by Gasteiger charge is 2.16. The molecule has 0 saturated carbocycles. The molecule has 3 heterocycles. The molecule has 0 atom stereocenters. The zero-order valence-electron chi connectivity index (χ0n) is 20.4. The number of aromatic nitrogens is 4. The molecule has 0 aliphatic heterocycles. The van der Waals surface area contributed by atoms with Gasteiger partial charge in [0.25, 0.3) is 0 Å². The molecule has 0 saturated heterocycles. The first-order valence-electron chi connectivity index (χ1n) is 11.5. The molecule has 0 radical (unpaired) electrons. The number of nitrogens with one attached hydrogen (secondary N) is 1. The molecule has 5 aromatic rings. The van der Waals surface area contributed by atoms with E-state index in [1.807, 2.05) is 19.1 Å². The van der Waals surface area contributed by atoms with Gasteiger partial charge in [0.1, 0.15) is 18.2 Å². The summed E-state index contributed by atoms with van der Waals surface area (Å²) >= 11 is 1.38. The topological polar surface area (TPSA) is 129 Å². The molecule has 2 N–H and O–H groups in total.